The molecule has 0 atom stereocenters. The maximum Gasteiger partial charge on any atom is 0.193 e. The van der Waals surface area contributed by atoms with Crippen molar-refractivity contribution >= 4 is 55.2 Å². The molecule has 2 heterocycles. The third-order valence-corrected chi connectivity index (χ3v) is 9.28. The highest BCUT2D eigenvalue weighted by Crippen LogP contribution is 2.40. The summed E-state index contributed by atoms with van der Waals surface area (Å²) in [5.74, 6) is -0.0126. The first kappa shape index (κ1) is 27.8. The van der Waals surface area contributed by atoms with Crippen LogP contribution in [0.3, 0.4) is 0 Å². The van der Waals surface area contributed by atoms with Crippen LogP contribution in [0.5, 0.6) is 0 Å². The van der Waals surface area contributed by atoms with E-state index in [1.165, 1.54) is 0 Å². The number of carbonyl (C=O) groups is 2. The number of carbonyl (C=O) groups excluding carboxylic acids is 2. The Kier molecular flexibility index (Phi) is 6.41. The van der Waals surface area contributed by atoms with Gasteiger partial charge < -0.3 is 9.13 Å². The smallest absolute Gasteiger partial charge is 0.193 e. The summed E-state index contributed by atoms with van der Waals surface area (Å²) in [7, 11) is 0. The molecule has 9 aromatic rings. The lowest BCUT2D eigenvalue weighted by molar-refractivity contribution is 0.103. The molecule has 0 amide bonds. The number of para-hydroxylation sites is 2. The standard InChI is InChI=1S/C44H28N2O2.2H2/c47-43(29-13-5-1-6-14-29)31-21-23-39-35(25-31)37-27-42-38(28-41(37)45(39)33-17-9-3-10-18-33)36-26-32(44(48)30-15-7-2-8-16-30)22-24-40(36)46(42)34-19-11-4-12-20-34;;/h1-28H;2*1H. The number of hydrogen-bond acceptors (Lipinski definition) is 2. The predicted octanol–water partition coefficient (Wildman–Crippen LogP) is 10.8. The molecule has 0 saturated heterocycles. The van der Waals surface area contributed by atoms with Crippen LogP contribution in [-0.4, -0.2) is 20.7 Å². The van der Waals surface area contributed by atoms with E-state index in [4.69, 9.17) is 0 Å². The van der Waals surface area contributed by atoms with Crippen LogP contribution < -0.4 is 0 Å². The molecule has 2 aromatic heterocycles. The van der Waals surface area contributed by atoms with Gasteiger partial charge in [0, 0.05) is 58.0 Å². The molecule has 0 radical (unpaired) electrons. The first-order valence-corrected chi connectivity index (χ1v) is 16.0. The van der Waals surface area contributed by atoms with E-state index in [0.29, 0.717) is 22.3 Å². The summed E-state index contributed by atoms with van der Waals surface area (Å²) in [5, 5.41) is 4.10. The Morgan fingerprint density at radius 1 is 0.333 bits per heavy atom. The Hall–Kier alpha value is -6.52. The summed E-state index contributed by atoms with van der Waals surface area (Å²) in [6.45, 7) is 0. The number of hydrogen-bond donors (Lipinski definition) is 0. The Bertz CT molecular complexity index is 2490. The minimum atomic E-state index is -0.00630. The van der Waals surface area contributed by atoms with E-state index in [2.05, 4.69) is 57.7 Å². The van der Waals surface area contributed by atoms with Crippen molar-refractivity contribution in [2.75, 3.05) is 0 Å². The van der Waals surface area contributed by atoms with Crippen molar-refractivity contribution in [3.63, 3.8) is 0 Å². The van der Waals surface area contributed by atoms with Crippen molar-refractivity contribution in [1.29, 1.82) is 0 Å². The zero-order valence-corrected chi connectivity index (χ0v) is 25.9. The molecule has 7 aromatic carbocycles. The van der Waals surface area contributed by atoms with E-state index >= 15 is 0 Å². The lowest BCUT2D eigenvalue weighted by Gasteiger charge is -2.09. The molecule has 0 saturated carbocycles. The molecule has 0 bridgehead atoms. The third kappa shape index (κ3) is 4.38. The van der Waals surface area contributed by atoms with Crippen molar-refractivity contribution in [1.82, 2.24) is 9.13 Å². The van der Waals surface area contributed by atoms with Gasteiger partial charge in [-0.3, -0.25) is 9.59 Å². The average Bonchev–Trinajstić information content (AvgIpc) is 3.65. The van der Waals surface area contributed by atoms with E-state index < -0.39 is 0 Å². The summed E-state index contributed by atoms with van der Waals surface area (Å²) < 4.78 is 4.54. The Morgan fingerprint density at radius 2 is 0.667 bits per heavy atom. The third-order valence-electron chi connectivity index (χ3n) is 9.28. The molecule has 0 aliphatic carbocycles. The van der Waals surface area contributed by atoms with Crippen molar-refractivity contribution < 1.29 is 12.4 Å². The predicted molar refractivity (Wildman–Crippen MR) is 199 cm³/mol. The molecular weight excluding hydrogens is 588 g/mol. The van der Waals surface area contributed by atoms with Crippen LogP contribution in [0.25, 0.3) is 55.0 Å². The van der Waals surface area contributed by atoms with Gasteiger partial charge >= 0.3 is 0 Å². The molecule has 230 valence electrons. The van der Waals surface area contributed by atoms with E-state index in [0.717, 1.165) is 55.0 Å². The SMILES string of the molecule is O=C(c1ccccc1)c1ccc2c(c1)c1cc3c(cc1n2-c1ccccc1)c1cc(C(=O)c2ccccc2)ccc1n3-c1ccccc1.[HH].[HH]. The van der Waals surface area contributed by atoms with Gasteiger partial charge in [-0.05, 0) is 72.8 Å². The summed E-state index contributed by atoms with van der Waals surface area (Å²) in [5.41, 5.74) is 8.78. The lowest BCUT2D eigenvalue weighted by atomic mass is 10.00. The van der Waals surface area contributed by atoms with E-state index in [1.54, 1.807) is 0 Å². The summed E-state index contributed by atoms with van der Waals surface area (Å²) in [4.78, 5) is 27.2. The highest BCUT2D eigenvalue weighted by Gasteiger charge is 2.21. The van der Waals surface area contributed by atoms with E-state index in [9.17, 15) is 9.59 Å². The number of benzene rings is 7. The monoisotopic (exact) mass is 620 g/mol. The molecule has 0 aliphatic rings. The number of ketones is 2. The maximum absolute atomic E-state index is 13.6. The van der Waals surface area contributed by atoms with Crippen LogP contribution in [0.15, 0.2) is 170 Å². The summed E-state index contributed by atoms with van der Waals surface area (Å²) in [6.07, 6.45) is 0. The molecule has 0 spiro atoms. The summed E-state index contributed by atoms with van der Waals surface area (Å²) >= 11 is 0. The second-order valence-electron chi connectivity index (χ2n) is 12.1. The van der Waals surface area contributed by atoms with Crippen molar-refractivity contribution in [3.8, 4) is 11.4 Å². The Morgan fingerprint density at radius 3 is 1.04 bits per heavy atom. The zero-order valence-electron chi connectivity index (χ0n) is 25.9. The zero-order chi connectivity index (χ0) is 32.2. The van der Waals surface area contributed by atoms with Crippen LogP contribution in [0.1, 0.15) is 34.7 Å². The summed E-state index contributed by atoms with van der Waals surface area (Å²) in [6, 6.07) is 56.0. The first-order chi connectivity index (χ1) is 23.7. The Labute approximate surface area is 279 Å². The van der Waals surface area contributed by atoms with E-state index in [-0.39, 0.29) is 14.4 Å². The fourth-order valence-corrected chi connectivity index (χ4v) is 7.04. The molecule has 9 rings (SSSR count). The Balaban J connectivity index is 0.00000196. The second-order valence-corrected chi connectivity index (χ2v) is 12.1. The maximum atomic E-state index is 13.6. The molecule has 0 aliphatic heterocycles. The molecule has 0 N–H and O–H groups in total. The molecule has 4 nitrogen and oxygen atoms in total. The van der Waals surface area contributed by atoms with Crippen LogP contribution in [-0.2, 0) is 0 Å². The van der Waals surface area contributed by atoms with Gasteiger partial charge in [-0.1, -0.05) is 97.1 Å². The van der Waals surface area contributed by atoms with Gasteiger partial charge in [0.2, 0.25) is 0 Å². The van der Waals surface area contributed by atoms with Gasteiger partial charge in [0.1, 0.15) is 0 Å². The van der Waals surface area contributed by atoms with Gasteiger partial charge in [0.15, 0.2) is 11.6 Å². The van der Waals surface area contributed by atoms with Crippen LogP contribution in [0.2, 0.25) is 0 Å². The topological polar surface area (TPSA) is 44.0 Å². The quantitative estimate of drug-likeness (QED) is 0.174. The minimum Gasteiger partial charge on any atom is -0.309 e. The van der Waals surface area contributed by atoms with Gasteiger partial charge in [0.05, 0.1) is 22.1 Å². The minimum absolute atomic E-state index is 0. The van der Waals surface area contributed by atoms with Crippen LogP contribution >= 0.6 is 0 Å². The molecular formula is C44H32N2O2. The normalized spacial score (nSPS) is 11.5. The molecule has 0 fully saturated rings. The van der Waals surface area contributed by atoms with Gasteiger partial charge in [-0.15, -0.1) is 0 Å². The number of nitrogens with zero attached hydrogens (tertiary/aromatic N) is 2. The van der Waals surface area contributed by atoms with Crippen LogP contribution in [0, 0.1) is 0 Å². The number of aromatic nitrogens is 2. The second kappa shape index (κ2) is 11.1. The molecule has 48 heavy (non-hydrogen) atoms. The fraction of sp³-hybridized carbons (Fsp3) is 0. The van der Waals surface area contributed by atoms with Crippen molar-refractivity contribution in [2.24, 2.45) is 0 Å². The molecule has 4 heteroatoms. The molecule has 0 unspecified atom stereocenters. The largest absolute Gasteiger partial charge is 0.309 e. The van der Waals surface area contributed by atoms with Gasteiger partial charge in [0.25, 0.3) is 0 Å². The lowest BCUT2D eigenvalue weighted by Crippen LogP contribution is -2.01. The van der Waals surface area contributed by atoms with Crippen LogP contribution in [0.4, 0.5) is 0 Å². The highest BCUT2D eigenvalue weighted by molar-refractivity contribution is 6.21. The number of fused-ring (bicyclic) bond motifs is 6. The van der Waals surface area contributed by atoms with Crippen molar-refractivity contribution in [2.45, 2.75) is 0 Å². The first-order valence-electron chi connectivity index (χ1n) is 16.0. The van der Waals surface area contributed by atoms with Gasteiger partial charge in [-0.25, -0.2) is 0 Å². The van der Waals surface area contributed by atoms with Gasteiger partial charge in [-0.2, -0.15) is 0 Å². The average molecular weight is 621 g/mol. The van der Waals surface area contributed by atoms with Crippen molar-refractivity contribution in [3.05, 3.63) is 192 Å². The number of rotatable bonds is 6. The fourth-order valence-electron chi connectivity index (χ4n) is 7.04. The highest BCUT2D eigenvalue weighted by atomic mass is 16.1. The van der Waals surface area contributed by atoms with E-state index in [1.807, 2.05) is 121 Å².